The van der Waals surface area contributed by atoms with Gasteiger partial charge in [0.05, 0.1) is 0 Å². The number of benzene rings is 1. The molecule has 168 valence electrons. The molecule has 2 aliphatic rings. The molecule has 0 spiro atoms. The van der Waals surface area contributed by atoms with Crippen molar-refractivity contribution in [1.29, 1.82) is 0 Å². The third-order valence-electron chi connectivity index (χ3n) is 6.60. The standard InChI is InChI=1S/C25H28ClN3O3/c26-21-7-5-18(6-8-21)15-25(11-9-22(30)28-25)12-10-23(31)29-14-2-4-20(17-29)24(32)19-3-1-13-27-16-19/h1,3,5-8,13,16,20H,2,4,9-12,14-15,17H2,(H,28,30)/t20-,25+/m1/s1. The number of nitrogens with one attached hydrogen (secondary N) is 1. The zero-order valence-corrected chi connectivity index (χ0v) is 18.8. The van der Waals surface area contributed by atoms with Crippen molar-refractivity contribution in [3.05, 3.63) is 64.9 Å². The summed E-state index contributed by atoms with van der Waals surface area (Å²) in [4.78, 5) is 43.8. The lowest BCUT2D eigenvalue weighted by molar-refractivity contribution is -0.133. The fraction of sp³-hybridized carbons (Fsp3) is 0.440. The van der Waals surface area contributed by atoms with Gasteiger partial charge in [-0.2, -0.15) is 0 Å². The van der Waals surface area contributed by atoms with E-state index in [2.05, 4.69) is 10.3 Å². The van der Waals surface area contributed by atoms with Crippen molar-refractivity contribution in [2.45, 2.75) is 50.5 Å². The van der Waals surface area contributed by atoms with E-state index in [0.717, 1.165) is 18.4 Å². The van der Waals surface area contributed by atoms with Gasteiger partial charge in [0, 0.05) is 60.4 Å². The molecule has 2 aliphatic heterocycles. The minimum Gasteiger partial charge on any atom is -0.350 e. The molecule has 0 aliphatic carbocycles. The monoisotopic (exact) mass is 453 g/mol. The van der Waals surface area contributed by atoms with Crippen LogP contribution in [0.1, 0.15) is 54.4 Å². The molecule has 2 aromatic rings. The SMILES string of the molecule is O=C1CC[C@](CCC(=O)N2CCC[C@@H](C(=O)c3cccnc3)C2)(Cc2ccc(Cl)cc2)N1. The summed E-state index contributed by atoms with van der Waals surface area (Å²) in [7, 11) is 0. The highest BCUT2D eigenvalue weighted by Crippen LogP contribution is 2.31. The van der Waals surface area contributed by atoms with E-state index in [1.54, 1.807) is 24.5 Å². The molecule has 1 aromatic heterocycles. The van der Waals surface area contributed by atoms with Gasteiger partial charge < -0.3 is 10.2 Å². The molecule has 0 unspecified atom stereocenters. The largest absolute Gasteiger partial charge is 0.350 e. The van der Waals surface area contributed by atoms with Gasteiger partial charge in [0.15, 0.2) is 5.78 Å². The van der Waals surface area contributed by atoms with Gasteiger partial charge in [-0.3, -0.25) is 19.4 Å². The first-order valence-corrected chi connectivity index (χ1v) is 11.6. The predicted molar refractivity (Wildman–Crippen MR) is 122 cm³/mol. The average Bonchev–Trinajstić information content (AvgIpc) is 3.19. The number of ketones is 1. The molecule has 4 rings (SSSR count). The van der Waals surface area contributed by atoms with Crippen molar-refractivity contribution in [2.75, 3.05) is 13.1 Å². The Kier molecular flexibility index (Phi) is 6.89. The summed E-state index contributed by atoms with van der Waals surface area (Å²) in [5.41, 5.74) is 1.27. The summed E-state index contributed by atoms with van der Waals surface area (Å²) in [6.45, 7) is 1.12. The average molecular weight is 454 g/mol. The Morgan fingerprint density at radius 3 is 2.72 bits per heavy atom. The first-order valence-electron chi connectivity index (χ1n) is 11.2. The van der Waals surface area contributed by atoms with E-state index < -0.39 is 5.54 Å². The normalized spacial score (nSPS) is 23.1. The van der Waals surface area contributed by atoms with Crippen LogP contribution in [0.3, 0.4) is 0 Å². The number of halogens is 1. The summed E-state index contributed by atoms with van der Waals surface area (Å²) >= 11 is 6.00. The van der Waals surface area contributed by atoms with Crippen molar-refractivity contribution >= 4 is 29.2 Å². The minimum atomic E-state index is -0.415. The van der Waals surface area contributed by atoms with Crippen molar-refractivity contribution in [3.63, 3.8) is 0 Å². The molecule has 2 amide bonds. The first kappa shape index (κ1) is 22.5. The summed E-state index contributed by atoms with van der Waals surface area (Å²) < 4.78 is 0. The number of Topliss-reactive ketones (excluding diaryl/α,β-unsaturated/α-hetero) is 1. The second-order valence-electron chi connectivity index (χ2n) is 8.92. The Morgan fingerprint density at radius 1 is 1.22 bits per heavy atom. The van der Waals surface area contributed by atoms with E-state index >= 15 is 0 Å². The Bertz CT molecular complexity index is 980. The number of carbonyl (C=O) groups excluding carboxylic acids is 3. The number of hydrogen-bond acceptors (Lipinski definition) is 4. The highest BCUT2D eigenvalue weighted by Gasteiger charge is 2.38. The van der Waals surface area contributed by atoms with Crippen LogP contribution in [-0.2, 0) is 16.0 Å². The molecule has 7 heteroatoms. The number of carbonyl (C=O) groups is 3. The maximum Gasteiger partial charge on any atom is 0.222 e. The Hall–Kier alpha value is -2.73. The van der Waals surface area contributed by atoms with Gasteiger partial charge in [0.2, 0.25) is 11.8 Å². The van der Waals surface area contributed by atoms with Crippen LogP contribution in [0.15, 0.2) is 48.8 Å². The molecule has 0 radical (unpaired) electrons. The highest BCUT2D eigenvalue weighted by molar-refractivity contribution is 6.30. The summed E-state index contributed by atoms with van der Waals surface area (Å²) in [5.74, 6) is -0.0548. The Balaban J connectivity index is 1.38. The van der Waals surface area contributed by atoms with Gasteiger partial charge >= 0.3 is 0 Å². The smallest absolute Gasteiger partial charge is 0.222 e. The van der Waals surface area contributed by atoms with Crippen molar-refractivity contribution < 1.29 is 14.4 Å². The summed E-state index contributed by atoms with van der Waals surface area (Å²) in [6.07, 6.45) is 7.63. The summed E-state index contributed by atoms with van der Waals surface area (Å²) in [5, 5.41) is 3.81. The number of amides is 2. The lowest BCUT2D eigenvalue weighted by atomic mass is 9.84. The highest BCUT2D eigenvalue weighted by atomic mass is 35.5. The van der Waals surface area contributed by atoms with Crippen LogP contribution in [0.4, 0.5) is 0 Å². The topological polar surface area (TPSA) is 79.4 Å². The molecule has 2 atom stereocenters. The van der Waals surface area contributed by atoms with Crippen LogP contribution in [0, 0.1) is 5.92 Å². The third kappa shape index (κ3) is 5.36. The van der Waals surface area contributed by atoms with E-state index in [9.17, 15) is 14.4 Å². The minimum absolute atomic E-state index is 0.0338. The molecule has 2 saturated heterocycles. The fourth-order valence-corrected chi connectivity index (χ4v) is 4.97. The van der Waals surface area contributed by atoms with E-state index in [1.165, 1.54) is 0 Å². The first-order chi connectivity index (χ1) is 15.4. The molecule has 0 saturated carbocycles. The van der Waals surface area contributed by atoms with Crippen molar-refractivity contribution in [3.8, 4) is 0 Å². The van der Waals surface area contributed by atoms with Crippen LogP contribution >= 0.6 is 11.6 Å². The lowest BCUT2D eigenvalue weighted by Crippen LogP contribution is -2.46. The zero-order valence-electron chi connectivity index (χ0n) is 18.1. The van der Waals surface area contributed by atoms with E-state index in [-0.39, 0.29) is 23.5 Å². The van der Waals surface area contributed by atoms with Gasteiger partial charge in [-0.15, -0.1) is 0 Å². The number of hydrogen-bond donors (Lipinski definition) is 1. The van der Waals surface area contributed by atoms with Crippen LogP contribution < -0.4 is 5.32 Å². The third-order valence-corrected chi connectivity index (χ3v) is 6.85. The number of pyridine rings is 1. The molecular weight excluding hydrogens is 426 g/mol. The molecule has 1 N–H and O–H groups in total. The second-order valence-corrected chi connectivity index (χ2v) is 9.35. The number of aromatic nitrogens is 1. The predicted octanol–water partition coefficient (Wildman–Crippen LogP) is 3.83. The number of rotatable bonds is 7. The van der Waals surface area contributed by atoms with Crippen LogP contribution in [0.5, 0.6) is 0 Å². The number of likely N-dealkylation sites (tertiary alicyclic amines) is 1. The van der Waals surface area contributed by atoms with E-state index in [0.29, 0.717) is 55.8 Å². The second kappa shape index (κ2) is 9.82. The zero-order chi connectivity index (χ0) is 22.6. The maximum atomic E-state index is 13.1. The molecule has 1 aromatic carbocycles. The quantitative estimate of drug-likeness (QED) is 0.646. The van der Waals surface area contributed by atoms with Gasteiger partial charge in [0.25, 0.3) is 0 Å². The van der Waals surface area contributed by atoms with E-state index in [4.69, 9.17) is 11.6 Å². The van der Waals surface area contributed by atoms with Gasteiger partial charge in [-0.25, -0.2) is 0 Å². The van der Waals surface area contributed by atoms with Crippen LogP contribution in [0.25, 0.3) is 0 Å². The summed E-state index contributed by atoms with van der Waals surface area (Å²) in [6, 6.07) is 11.2. The van der Waals surface area contributed by atoms with Crippen LogP contribution in [-0.4, -0.2) is 46.1 Å². The van der Waals surface area contributed by atoms with Crippen LogP contribution in [0.2, 0.25) is 5.02 Å². The van der Waals surface area contributed by atoms with Gasteiger partial charge in [-0.1, -0.05) is 23.7 Å². The molecule has 3 heterocycles. The van der Waals surface area contributed by atoms with Crippen molar-refractivity contribution in [2.24, 2.45) is 5.92 Å². The van der Waals surface area contributed by atoms with E-state index in [1.807, 2.05) is 29.2 Å². The Labute approximate surface area is 193 Å². The molecule has 0 bridgehead atoms. The molecule has 32 heavy (non-hydrogen) atoms. The number of nitrogens with zero attached hydrogens (tertiary/aromatic N) is 2. The lowest BCUT2D eigenvalue weighted by Gasteiger charge is -2.34. The van der Waals surface area contributed by atoms with Gasteiger partial charge in [0.1, 0.15) is 0 Å². The number of piperidine rings is 1. The maximum absolute atomic E-state index is 13.1. The van der Waals surface area contributed by atoms with Crippen molar-refractivity contribution in [1.82, 2.24) is 15.2 Å². The molecular formula is C25H28ClN3O3. The molecule has 6 nitrogen and oxygen atoms in total. The molecule has 2 fully saturated rings. The fourth-order valence-electron chi connectivity index (χ4n) is 4.84. The Morgan fingerprint density at radius 2 is 2.03 bits per heavy atom. The van der Waals surface area contributed by atoms with Gasteiger partial charge in [-0.05, 0) is 61.9 Å².